The fraction of sp³-hybridized carbons (Fsp3) is 0.278. The van der Waals surface area contributed by atoms with E-state index < -0.39 is 0 Å². The molecule has 0 fully saturated rings. The molecular formula is C18H16BrNO4. The Morgan fingerprint density at radius 1 is 1.21 bits per heavy atom. The Morgan fingerprint density at radius 3 is 2.79 bits per heavy atom. The number of amides is 1. The fourth-order valence-corrected chi connectivity index (χ4v) is 3.54. The van der Waals surface area contributed by atoms with Crippen molar-refractivity contribution in [3.05, 3.63) is 45.9 Å². The minimum atomic E-state index is -0.0853. The van der Waals surface area contributed by atoms with Crippen molar-refractivity contribution in [2.45, 2.75) is 19.3 Å². The highest BCUT2D eigenvalue weighted by molar-refractivity contribution is 9.10. The molecule has 2 aromatic rings. The van der Waals surface area contributed by atoms with Crippen LogP contribution in [0.4, 0.5) is 5.69 Å². The van der Waals surface area contributed by atoms with Crippen molar-refractivity contribution < 1.29 is 19.0 Å². The molecule has 1 amide bonds. The largest absolute Gasteiger partial charge is 0.494 e. The van der Waals surface area contributed by atoms with Crippen LogP contribution in [0, 0.1) is 0 Å². The van der Waals surface area contributed by atoms with Crippen molar-refractivity contribution in [3.63, 3.8) is 0 Å². The van der Waals surface area contributed by atoms with Crippen molar-refractivity contribution in [1.82, 2.24) is 0 Å². The molecule has 0 aromatic heterocycles. The van der Waals surface area contributed by atoms with E-state index in [9.17, 15) is 4.79 Å². The van der Waals surface area contributed by atoms with Crippen LogP contribution in [0.1, 0.15) is 30.4 Å². The Kier molecular flexibility index (Phi) is 3.84. The second-order valence-corrected chi connectivity index (χ2v) is 6.63. The molecule has 0 radical (unpaired) electrons. The molecule has 0 aliphatic carbocycles. The van der Waals surface area contributed by atoms with Gasteiger partial charge in [0.05, 0.1) is 6.61 Å². The van der Waals surface area contributed by atoms with Gasteiger partial charge in [0.25, 0.3) is 0 Å². The van der Waals surface area contributed by atoms with Crippen LogP contribution < -0.4 is 19.5 Å². The Balaban J connectivity index is 1.84. The first kappa shape index (κ1) is 15.3. The van der Waals surface area contributed by atoms with E-state index in [1.54, 1.807) is 0 Å². The lowest BCUT2D eigenvalue weighted by Crippen LogP contribution is -2.23. The smallest absolute Gasteiger partial charge is 0.231 e. The zero-order valence-electron chi connectivity index (χ0n) is 13.1. The molecule has 1 atom stereocenters. The van der Waals surface area contributed by atoms with Gasteiger partial charge in [0.15, 0.2) is 11.5 Å². The third-order valence-electron chi connectivity index (χ3n) is 4.23. The molecule has 0 spiro atoms. The standard InChI is InChI=1S/C18H16BrNO4/c1-2-22-15-5-10(19)3-4-11(15)12-7-18(21)20-14-8-17-16(6-13(12)14)23-9-24-17/h3-6,8,12H,2,7,9H2,1H3,(H,20,21). The predicted molar refractivity (Wildman–Crippen MR) is 93.0 cm³/mol. The van der Waals surface area contributed by atoms with Crippen LogP contribution in [0.2, 0.25) is 0 Å². The second-order valence-electron chi connectivity index (χ2n) is 5.71. The maximum atomic E-state index is 12.2. The van der Waals surface area contributed by atoms with Crippen LogP contribution in [0.25, 0.3) is 0 Å². The molecule has 0 bridgehead atoms. The number of anilines is 1. The number of benzene rings is 2. The summed E-state index contributed by atoms with van der Waals surface area (Å²) in [6, 6.07) is 9.71. The number of hydrogen-bond acceptors (Lipinski definition) is 4. The van der Waals surface area contributed by atoms with E-state index in [1.165, 1.54) is 0 Å². The van der Waals surface area contributed by atoms with Gasteiger partial charge in [-0.15, -0.1) is 0 Å². The minimum Gasteiger partial charge on any atom is -0.494 e. The molecule has 24 heavy (non-hydrogen) atoms. The molecule has 1 N–H and O–H groups in total. The van der Waals surface area contributed by atoms with E-state index in [0.29, 0.717) is 24.5 Å². The Hall–Kier alpha value is -2.21. The number of carbonyl (C=O) groups is 1. The number of halogens is 1. The quantitative estimate of drug-likeness (QED) is 0.859. The molecule has 1 unspecified atom stereocenters. The lowest BCUT2D eigenvalue weighted by atomic mass is 9.84. The van der Waals surface area contributed by atoms with E-state index in [2.05, 4.69) is 21.2 Å². The summed E-state index contributed by atoms with van der Waals surface area (Å²) in [6.45, 7) is 2.72. The molecular weight excluding hydrogens is 374 g/mol. The highest BCUT2D eigenvalue weighted by Gasteiger charge is 2.31. The average Bonchev–Trinajstić information content (AvgIpc) is 3.00. The molecule has 0 saturated carbocycles. The Labute approximate surface area is 148 Å². The summed E-state index contributed by atoms with van der Waals surface area (Å²) in [4.78, 5) is 12.2. The molecule has 6 heteroatoms. The summed E-state index contributed by atoms with van der Waals surface area (Å²) >= 11 is 3.48. The highest BCUT2D eigenvalue weighted by Crippen LogP contribution is 2.46. The van der Waals surface area contributed by atoms with Gasteiger partial charge in [-0.3, -0.25) is 4.79 Å². The van der Waals surface area contributed by atoms with Gasteiger partial charge >= 0.3 is 0 Å². The van der Waals surface area contributed by atoms with Crippen molar-refractivity contribution in [1.29, 1.82) is 0 Å². The van der Waals surface area contributed by atoms with Crippen LogP contribution >= 0.6 is 15.9 Å². The number of hydrogen-bond donors (Lipinski definition) is 1. The maximum absolute atomic E-state index is 12.2. The van der Waals surface area contributed by atoms with Crippen LogP contribution in [0.15, 0.2) is 34.8 Å². The number of fused-ring (bicyclic) bond motifs is 2. The first-order valence-corrected chi connectivity index (χ1v) is 8.60. The number of ether oxygens (including phenoxy) is 3. The van der Waals surface area contributed by atoms with Gasteiger partial charge < -0.3 is 19.5 Å². The molecule has 0 saturated heterocycles. The molecule has 124 valence electrons. The lowest BCUT2D eigenvalue weighted by Gasteiger charge is -2.27. The fourth-order valence-electron chi connectivity index (χ4n) is 3.20. The van der Waals surface area contributed by atoms with E-state index in [4.69, 9.17) is 14.2 Å². The van der Waals surface area contributed by atoms with Gasteiger partial charge in [-0.05, 0) is 30.7 Å². The lowest BCUT2D eigenvalue weighted by molar-refractivity contribution is -0.116. The monoisotopic (exact) mass is 389 g/mol. The average molecular weight is 390 g/mol. The van der Waals surface area contributed by atoms with Gasteiger partial charge in [0.1, 0.15) is 5.75 Å². The number of carbonyl (C=O) groups excluding carboxylic acids is 1. The van der Waals surface area contributed by atoms with Crippen molar-refractivity contribution in [2.75, 3.05) is 18.7 Å². The molecule has 5 nitrogen and oxygen atoms in total. The van der Waals surface area contributed by atoms with Gasteiger partial charge in [-0.1, -0.05) is 22.0 Å². The predicted octanol–water partition coefficient (Wildman–Crippen LogP) is 4.05. The topological polar surface area (TPSA) is 56.8 Å². The Morgan fingerprint density at radius 2 is 2.00 bits per heavy atom. The molecule has 4 rings (SSSR count). The first-order valence-electron chi connectivity index (χ1n) is 7.81. The van der Waals surface area contributed by atoms with E-state index >= 15 is 0 Å². The number of rotatable bonds is 3. The van der Waals surface area contributed by atoms with Crippen LogP contribution in [0.3, 0.4) is 0 Å². The normalized spacial score (nSPS) is 18.1. The molecule has 2 aliphatic heterocycles. The summed E-state index contributed by atoms with van der Waals surface area (Å²) < 4.78 is 17.7. The van der Waals surface area contributed by atoms with Crippen LogP contribution in [0.5, 0.6) is 17.2 Å². The maximum Gasteiger partial charge on any atom is 0.231 e. The van der Waals surface area contributed by atoms with Gasteiger partial charge in [-0.2, -0.15) is 0 Å². The van der Waals surface area contributed by atoms with E-state index in [1.807, 2.05) is 37.3 Å². The van der Waals surface area contributed by atoms with Crippen molar-refractivity contribution in [2.24, 2.45) is 0 Å². The zero-order chi connectivity index (χ0) is 16.7. The Bertz CT molecular complexity index is 821. The van der Waals surface area contributed by atoms with E-state index in [-0.39, 0.29) is 18.6 Å². The zero-order valence-corrected chi connectivity index (χ0v) is 14.7. The van der Waals surface area contributed by atoms with Crippen molar-refractivity contribution in [3.8, 4) is 17.2 Å². The first-order chi connectivity index (χ1) is 11.7. The van der Waals surface area contributed by atoms with Gasteiger partial charge in [0, 0.05) is 34.1 Å². The summed E-state index contributed by atoms with van der Waals surface area (Å²) in [5.74, 6) is 2.06. The van der Waals surface area contributed by atoms with Gasteiger partial charge in [0.2, 0.25) is 12.7 Å². The molecule has 2 heterocycles. The summed E-state index contributed by atoms with van der Waals surface area (Å²) in [7, 11) is 0. The number of nitrogens with one attached hydrogen (secondary N) is 1. The summed E-state index contributed by atoms with van der Waals surface area (Å²) in [5, 5.41) is 2.93. The summed E-state index contributed by atoms with van der Waals surface area (Å²) in [5.41, 5.74) is 2.78. The third kappa shape index (κ3) is 2.60. The third-order valence-corrected chi connectivity index (χ3v) is 4.73. The molecule has 2 aliphatic rings. The minimum absolute atomic E-state index is 0.0169. The second kappa shape index (κ2) is 6.02. The highest BCUT2D eigenvalue weighted by atomic mass is 79.9. The van der Waals surface area contributed by atoms with Crippen LogP contribution in [-0.4, -0.2) is 19.3 Å². The molecule has 2 aromatic carbocycles. The summed E-state index contributed by atoms with van der Waals surface area (Å²) in [6.07, 6.45) is 0.369. The van der Waals surface area contributed by atoms with E-state index in [0.717, 1.165) is 27.0 Å². The van der Waals surface area contributed by atoms with Crippen molar-refractivity contribution >= 4 is 27.5 Å². The SMILES string of the molecule is CCOc1cc(Br)ccc1C1CC(=O)Nc2cc3c(cc21)OCO3. The van der Waals surface area contributed by atoms with Crippen LogP contribution in [-0.2, 0) is 4.79 Å². The van der Waals surface area contributed by atoms with Gasteiger partial charge in [-0.25, -0.2) is 0 Å².